The summed E-state index contributed by atoms with van der Waals surface area (Å²) in [5.41, 5.74) is 8.28. The number of phenolic OH excluding ortho intramolecular Hbond substituents is 1. The number of phenols is 1. The molecule has 1 aliphatic carbocycles. The molecule has 1 saturated heterocycles. The number of nitrogens with two attached hydrogens (primary N) is 1. The second-order valence-electron chi connectivity index (χ2n) is 6.68. The van der Waals surface area contributed by atoms with Gasteiger partial charge >= 0.3 is 0 Å². The normalized spacial score (nSPS) is 30.0. The van der Waals surface area contributed by atoms with Crippen molar-refractivity contribution in [1.82, 2.24) is 4.90 Å². The van der Waals surface area contributed by atoms with Crippen molar-refractivity contribution in [2.45, 2.75) is 51.0 Å². The van der Waals surface area contributed by atoms with E-state index in [4.69, 9.17) is 5.73 Å². The van der Waals surface area contributed by atoms with E-state index >= 15 is 0 Å². The lowest BCUT2D eigenvalue weighted by Gasteiger charge is -2.56. The minimum atomic E-state index is 0.0652. The lowest BCUT2D eigenvalue weighted by atomic mass is 9.55. The van der Waals surface area contributed by atoms with Gasteiger partial charge in [0.25, 0.3) is 0 Å². The molecule has 3 atom stereocenters. The molecule has 1 aliphatic heterocycles. The van der Waals surface area contributed by atoms with Crippen LogP contribution >= 0.6 is 0 Å². The topological polar surface area (TPSA) is 66.6 Å². The largest absolute Gasteiger partial charge is 0.508 e. The Labute approximate surface area is 132 Å². The van der Waals surface area contributed by atoms with Gasteiger partial charge in [-0.3, -0.25) is 4.79 Å². The van der Waals surface area contributed by atoms with E-state index in [1.165, 1.54) is 11.1 Å². The predicted molar refractivity (Wildman–Crippen MR) is 86.7 cm³/mol. The van der Waals surface area contributed by atoms with E-state index in [-0.39, 0.29) is 23.9 Å². The van der Waals surface area contributed by atoms with E-state index in [0.717, 1.165) is 32.2 Å². The fourth-order valence-electron chi connectivity index (χ4n) is 4.99. The Bertz CT molecular complexity index is 586. The molecule has 1 heterocycles. The van der Waals surface area contributed by atoms with Crippen molar-refractivity contribution in [3.63, 3.8) is 0 Å². The Morgan fingerprint density at radius 3 is 2.86 bits per heavy atom. The molecule has 3 unspecified atom stereocenters. The van der Waals surface area contributed by atoms with Crippen molar-refractivity contribution in [3.8, 4) is 5.75 Å². The van der Waals surface area contributed by atoms with Crippen LogP contribution in [0.4, 0.5) is 0 Å². The molecule has 22 heavy (non-hydrogen) atoms. The van der Waals surface area contributed by atoms with Gasteiger partial charge in [-0.1, -0.05) is 26.3 Å². The number of hydrogen-bond acceptors (Lipinski definition) is 3. The lowest BCUT2D eigenvalue weighted by molar-refractivity contribution is -0.138. The molecule has 3 N–H and O–H groups in total. The summed E-state index contributed by atoms with van der Waals surface area (Å²) < 4.78 is 0. The number of rotatable bonds is 3. The molecule has 0 radical (unpaired) electrons. The molecule has 4 heteroatoms. The fourth-order valence-corrected chi connectivity index (χ4v) is 4.99. The van der Waals surface area contributed by atoms with Crippen LogP contribution in [0, 0.1) is 5.92 Å². The number of fused-ring (bicyclic) bond motifs is 4. The van der Waals surface area contributed by atoms with Crippen LogP contribution in [-0.4, -0.2) is 35.0 Å². The Morgan fingerprint density at radius 1 is 1.45 bits per heavy atom. The zero-order valence-electron chi connectivity index (χ0n) is 13.5. The van der Waals surface area contributed by atoms with Crippen LogP contribution in [0.3, 0.4) is 0 Å². The summed E-state index contributed by atoms with van der Waals surface area (Å²) in [7, 11) is 0. The predicted octanol–water partition coefficient (Wildman–Crippen LogP) is 2.18. The van der Waals surface area contributed by atoms with Crippen LogP contribution in [0.1, 0.15) is 44.2 Å². The molecule has 1 fully saturated rings. The van der Waals surface area contributed by atoms with Crippen molar-refractivity contribution >= 4 is 5.91 Å². The van der Waals surface area contributed by atoms with E-state index in [1.54, 1.807) is 6.07 Å². The number of nitrogens with zero attached hydrogens (tertiary/aromatic N) is 1. The molecule has 2 aliphatic rings. The second-order valence-corrected chi connectivity index (χ2v) is 6.68. The zero-order valence-corrected chi connectivity index (χ0v) is 13.5. The highest BCUT2D eigenvalue weighted by atomic mass is 16.3. The third-order valence-electron chi connectivity index (χ3n) is 6.00. The van der Waals surface area contributed by atoms with Crippen molar-refractivity contribution in [2.75, 3.05) is 13.1 Å². The number of likely N-dealkylation sites (tertiary alicyclic amines) is 1. The van der Waals surface area contributed by atoms with E-state index in [2.05, 4.69) is 13.8 Å². The van der Waals surface area contributed by atoms with Crippen LogP contribution in [0.25, 0.3) is 0 Å². The highest BCUT2D eigenvalue weighted by Crippen LogP contribution is 2.52. The zero-order chi connectivity index (χ0) is 15.9. The Kier molecular flexibility index (Phi) is 3.89. The molecule has 4 nitrogen and oxygen atoms in total. The standard InChI is InChI=1S/C18H26N2O2/c1-3-14-16-9-12-5-6-13(21)10-15(12)18(14,4-2)7-8-20(16)17(22)11-19/h5-6,10,14,16,21H,3-4,7-9,11,19H2,1-2H3. The maximum absolute atomic E-state index is 12.2. The SMILES string of the molecule is CCC1C2Cc3ccc(O)cc3C1(CC)CCN2C(=O)CN. The minimum absolute atomic E-state index is 0.0652. The summed E-state index contributed by atoms with van der Waals surface area (Å²) in [6.45, 7) is 5.32. The van der Waals surface area contributed by atoms with Gasteiger partial charge < -0.3 is 15.7 Å². The maximum atomic E-state index is 12.2. The molecular weight excluding hydrogens is 276 g/mol. The first kappa shape index (κ1) is 15.3. The van der Waals surface area contributed by atoms with Gasteiger partial charge in [0.2, 0.25) is 5.91 Å². The molecule has 2 bridgehead atoms. The number of aromatic hydroxyl groups is 1. The molecule has 0 aromatic heterocycles. The van der Waals surface area contributed by atoms with E-state index in [1.807, 2.05) is 17.0 Å². The monoisotopic (exact) mass is 302 g/mol. The van der Waals surface area contributed by atoms with E-state index < -0.39 is 0 Å². The smallest absolute Gasteiger partial charge is 0.236 e. The summed E-state index contributed by atoms with van der Waals surface area (Å²) in [5, 5.41) is 9.95. The van der Waals surface area contributed by atoms with Gasteiger partial charge in [0.1, 0.15) is 5.75 Å². The number of piperidine rings is 1. The summed E-state index contributed by atoms with van der Waals surface area (Å²) in [5.74, 6) is 0.853. The Morgan fingerprint density at radius 2 is 2.23 bits per heavy atom. The third kappa shape index (κ3) is 2.04. The van der Waals surface area contributed by atoms with Gasteiger partial charge in [-0.2, -0.15) is 0 Å². The van der Waals surface area contributed by atoms with Gasteiger partial charge in [0, 0.05) is 18.0 Å². The molecule has 3 rings (SSSR count). The Hall–Kier alpha value is -1.55. The summed E-state index contributed by atoms with van der Waals surface area (Å²) in [4.78, 5) is 14.3. The first-order valence-electron chi connectivity index (χ1n) is 8.39. The molecule has 0 spiro atoms. The van der Waals surface area contributed by atoms with Crippen molar-refractivity contribution in [1.29, 1.82) is 0 Å². The molecule has 1 aromatic carbocycles. The molecule has 0 saturated carbocycles. The summed E-state index contributed by atoms with van der Waals surface area (Å²) in [6.07, 6.45) is 3.92. The highest BCUT2D eigenvalue weighted by molar-refractivity contribution is 5.78. The first-order valence-corrected chi connectivity index (χ1v) is 8.39. The minimum Gasteiger partial charge on any atom is -0.508 e. The first-order chi connectivity index (χ1) is 10.6. The third-order valence-corrected chi connectivity index (χ3v) is 6.00. The van der Waals surface area contributed by atoms with Gasteiger partial charge in [-0.25, -0.2) is 0 Å². The van der Waals surface area contributed by atoms with Crippen LogP contribution < -0.4 is 5.73 Å². The van der Waals surface area contributed by atoms with Gasteiger partial charge in [-0.05, 0) is 48.4 Å². The van der Waals surface area contributed by atoms with Crippen LogP contribution in [0.15, 0.2) is 18.2 Å². The molecular formula is C18H26N2O2. The molecule has 1 amide bonds. The van der Waals surface area contributed by atoms with Gasteiger partial charge in [-0.15, -0.1) is 0 Å². The number of hydrogen-bond donors (Lipinski definition) is 2. The Balaban J connectivity index is 2.12. The van der Waals surface area contributed by atoms with Crippen molar-refractivity contribution in [2.24, 2.45) is 11.7 Å². The average molecular weight is 302 g/mol. The van der Waals surface area contributed by atoms with Crippen LogP contribution in [0.5, 0.6) is 5.75 Å². The number of carbonyl (C=O) groups excluding carboxylic acids is 1. The average Bonchev–Trinajstić information content (AvgIpc) is 2.54. The maximum Gasteiger partial charge on any atom is 0.236 e. The van der Waals surface area contributed by atoms with Gasteiger partial charge in [0.15, 0.2) is 0 Å². The summed E-state index contributed by atoms with van der Waals surface area (Å²) >= 11 is 0. The fraction of sp³-hybridized carbons (Fsp3) is 0.611. The highest BCUT2D eigenvalue weighted by Gasteiger charge is 2.52. The van der Waals surface area contributed by atoms with Gasteiger partial charge in [0.05, 0.1) is 6.54 Å². The number of benzene rings is 1. The van der Waals surface area contributed by atoms with Crippen LogP contribution in [0.2, 0.25) is 0 Å². The second kappa shape index (κ2) is 5.58. The van der Waals surface area contributed by atoms with E-state index in [9.17, 15) is 9.90 Å². The molecule has 120 valence electrons. The van der Waals surface area contributed by atoms with E-state index in [0.29, 0.717) is 11.7 Å². The lowest BCUT2D eigenvalue weighted by Crippen LogP contribution is -2.61. The number of amides is 1. The van der Waals surface area contributed by atoms with Crippen molar-refractivity contribution in [3.05, 3.63) is 29.3 Å². The molecule has 1 aromatic rings. The summed E-state index contributed by atoms with van der Waals surface area (Å²) in [6, 6.07) is 5.99. The van der Waals surface area contributed by atoms with Crippen molar-refractivity contribution < 1.29 is 9.90 Å². The quantitative estimate of drug-likeness (QED) is 0.899. The number of carbonyl (C=O) groups is 1. The van der Waals surface area contributed by atoms with Crippen LogP contribution in [-0.2, 0) is 16.6 Å².